The lowest BCUT2D eigenvalue weighted by atomic mass is 9.70. The molecule has 5 N–H and O–H groups in total. The lowest BCUT2D eigenvalue weighted by Crippen LogP contribution is -2.28. The van der Waals surface area contributed by atoms with Crippen LogP contribution >= 0.6 is 0 Å². The molecule has 0 saturated carbocycles. The molecule has 0 spiro atoms. The van der Waals surface area contributed by atoms with Crippen LogP contribution in [0.2, 0.25) is 0 Å². The minimum Gasteiger partial charge on any atom is -0.508 e. The molecule has 8 heteroatoms. The van der Waals surface area contributed by atoms with E-state index in [0.717, 1.165) is 35.1 Å². The lowest BCUT2D eigenvalue weighted by molar-refractivity contribution is -0.121. The van der Waals surface area contributed by atoms with Crippen LogP contribution in [0.15, 0.2) is 78.9 Å². The molecule has 0 saturated heterocycles. The van der Waals surface area contributed by atoms with Crippen molar-refractivity contribution in [2.24, 2.45) is 5.92 Å². The Balaban J connectivity index is 1.35. The summed E-state index contributed by atoms with van der Waals surface area (Å²) in [6.45, 7) is 0.0833. The minimum atomic E-state index is -0.909. The van der Waals surface area contributed by atoms with Gasteiger partial charge in [-0.3, -0.25) is 4.79 Å². The van der Waals surface area contributed by atoms with Crippen LogP contribution in [0.4, 0.5) is 0 Å². The van der Waals surface area contributed by atoms with Crippen LogP contribution in [0, 0.1) is 5.92 Å². The van der Waals surface area contributed by atoms with Crippen molar-refractivity contribution in [2.75, 3.05) is 7.11 Å². The largest absolute Gasteiger partial charge is 0.508 e. The summed E-state index contributed by atoms with van der Waals surface area (Å²) in [5.41, 5.74) is 4.30. The third-order valence-electron chi connectivity index (χ3n) is 8.67. The van der Waals surface area contributed by atoms with Crippen molar-refractivity contribution in [3.8, 4) is 34.5 Å². The van der Waals surface area contributed by atoms with E-state index in [9.17, 15) is 30.3 Å². The van der Waals surface area contributed by atoms with Gasteiger partial charge in [-0.25, -0.2) is 0 Å². The van der Waals surface area contributed by atoms with Gasteiger partial charge in [0.25, 0.3) is 0 Å². The van der Waals surface area contributed by atoms with E-state index in [4.69, 9.17) is 9.47 Å². The number of aryl methyl sites for hydroxylation is 1. The summed E-state index contributed by atoms with van der Waals surface area (Å²) >= 11 is 0. The highest BCUT2D eigenvalue weighted by Crippen LogP contribution is 2.50. The van der Waals surface area contributed by atoms with Crippen LogP contribution in [-0.4, -0.2) is 44.5 Å². The zero-order chi connectivity index (χ0) is 31.9. The molecule has 0 heterocycles. The molecule has 5 rings (SSSR count). The number of fused-ring (bicyclic) bond motifs is 1. The van der Waals surface area contributed by atoms with E-state index < -0.39 is 6.10 Å². The number of aliphatic hydroxyl groups excluding tert-OH is 1. The maximum Gasteiger partial charge on any atom is 0.200 e. The summed E-state index contributed by atoms with van der Waals surface area (Å²) in [6, 6.07) is 23.3. The molecule has 0 bridgehead atoms. The van der Waals surface area contributed by atoms with Gasteiger partial charge in [-0.1, -0.05) is 48.5 Å². The van der Waals surface area contributed by atoms with E-state index in [1.165, 1.54) is 13.2 Å². The van der Waals surface area contributed by atoms with Gasteiger partial charge in [0.2, 0.25) is 5.75 Å². The average molecular weight is 613 g/mol. The molecular weight excluding hydrogens is 572 g/mol. The Kier molecular flexibility index (Phi) is 10.1. The van der Waals surface area contributed by atoms with Crippen molar-refractivity contribution in [1.29, 1.82) is 0 Å². The van der Waals surface area contributed by atoms with Gasteiger partial charge in [-0.2, -0.15) is 0 Å². The number of ketones is 1. The molecule has 1 aliphatic rings. The van der Waals surface area contributed by atoms with Gasteiger partial charge in [0, 0.05) is 18.4 Å². The summed E-state index contributed by atoms with van der Waals surface area (Å²) < 4.78 is 11.2. The Hall–Kier alpha value is -4.69. The standard InChI is InChI=1S/C37H40O8/c1-44-35-18-24(11-15-33(35)41)10-13-28(39)19-29(40)20-31-26(16-23-6-3-2-4-7-23)12-14-30-32(31)21-34(42)36(43)37(30)45-22-25-8-5-9-27(38)17-25/h2-9,11,15,17-18,21,26,29,31,38,40-43H,10,12-14,16,19-20,22H2,1H3/t26-,29-,31-/m0/s1. The molecule has 45 heavy (non-hydrogen) atoms. The predicted octanol–water partition coefficient (Wildman–Crippen LogP) is 6.33. The van der Waals surface area contributed by atoms with Crippen molar-refractivity contribution < 1.29 is 39.8 Å². The zero-order valence-corrected chi connectivity index (χ0v) is 25.4. The maximum atomic E-state index is 13.0. The number of Topliss-reactive ketones (excluding diaryl/α,β-unsaturated/α-hetero) is 1. The second kappa shape index (κ2) is 14.4. The van der Waals surface area contributed by atoms with Crippen molar-refractivity contribution in [1.82, 2.24) is 0 Å². The number of carbonyl (C=O) groups excluding carboxylic acids is 1. The van der Waals surface area contributed by atoms with Crippen LogP contribution < -0.4 is 9.47 Å². The molecule has 4 aromatic rings. The van der Waals surface area contributed by atoms with Crippen LogP contribution in [0.3, 0.4) is 0 Å². The van der Waals surface area contributed by atoms with Crippen molar-refractivity contribution in [3.63, 3.8) is 0 Å². The highest BCUT2D eigenvalue weighted by molar-refractivity contribution is 5.79. The molecule has 8 nitrogen and oxygen atoms in total. The Morgan fingerprint density at radius 2 is 1.67 bits per heavy atom. The first-order valence-electron chi connectivity index (χ1n) is 15.3. The van der Waals surface area contributed by atoms with Gasteiger partial charge in [-0.15, -0.1) is 0 Å². The van der Waals surface area contributed by atoms with Gasteiger partial charge in [0.05, 0.1) is 13.2 Å². The van der Waals surface area contributed by atoms with Crippen molar-refractivity contribution in [2.45, 2.75) is 63.6 Å². The SMILES string of the molecule is COc1cc(CCC(=O)C[C@H](O)C[C@@H]2c3cc(O)c(O)c(OCc4cccc(O)c4)c3CC[C@H]2Cc2ccccc2)ccc1O. The quantitative estimate of drug-likeness (QED) is 0.111. The molecule has 0 aliphatic heterocycles. The third kappa shape index (κ3) is 7.88. The van der Waals surface area contributed by atoms with Gasteiger partial charge in [0.1, 0.15) is 18.1 Å². The topological polar surface area (TPSA) is 137 Å². The fraction of sp³-hybridized carbons (Fsp3) is 0.324. The second-order valence-electron chi connectivity index (χ2n) is 11.8. The average Bonchev–Trinajstić information content (AvgIpc) is 3.02. The summed E-state index contributed by atoms with van der Waals surface area (Å²) in [5.74, 6) is -0.109. The Morgan fingerprint density at radius 1 is 0.889 bits per heavy atom. The number of methoxy groups -OCH3 is 1. The Bertz CT molecular complexity index is 1620. The number of rotatable bonds is 13. The second-order valence-corrected chi connectivity index (χ2v) is 11.8. The molecule has 0 unspecified atom stereocenters. The van der Waals surface area contributed by atoms with E-state index in [0.29, 0.717) is 30.6 Å². The highest BCUT2D eigenvalue weighted by Gasteiger charge is 2.35. The van der Waals surface area contributed by atoms with Crippen LogP contribution in [-0.2, 0) is 30.7 Å². The molecule has 1 aliphatic carbocycles. The fourth-order valence-electron chi connectivity index (χ4n) is 6.41. The van der Waals surface area contributed by atoms with Gasteiger partial charge in [0.15, 0.2) is 23.0 Å². The van der Waals surface area contributed by atoms with Crippen LogP contribution in [0.1, 0.15) is 59.4 Å². The van der Waals surface area contributed by atoms with E-state index >= 15 is 0 Å². The van der Waals surface area contributed by atoms with Crippen LogP contribution in [0.5, 0.6) is 34.5 Å². The fourth-order valence-corrected chi connectivity index (χ4v) is 6.41. The smallest absolute Gasteiger partial charge is 0.200 e. The number of phenolic OH excluding ortho intramolecular Hbond substituents is 4. The summed E-state index contributed by atoms with van der Waals surface area (Å²) in [7, 11) is 1.47. The van der Waals surface area contributed by atoms with E-state index in [-0.39, 0.29) is 65.8 Å². The first kappa shape index (κ1) is 31.7. The molecule has 0 fully saturated rings. The normalized spacial score (nSPS) is 16.5. The monoisotopic (exact) mass is 612 g/mol. The molecule has 0 amide bonds. The number of benzene rings is 4. The number of aliphatic hydroxyl groups is 1. The van der Waals surface area contributed by atoms with Crippen molar-refractivity contribution >= 4 is 5.78 Å². The number of hydrogen-bond acceptors (Lipinski definition) is 8. The molecule has 236 valence electrons. The molecule has 0 radical (unpaired) electrons. The van der Waals surface area contributed by atoms with E-state index in [1.807, 2.05) is 18.2 Å². The molecular formula is C37H40O8. The number of phenols is 4. The van der Waals surface area contributed by atoms with Gasteiger partial charge < -0.3 is 35.0 Å². The highest BCUT2D eigenvalue weighted by atomic mass is 16.5. The minimum absolute atomic E-state index is 0.00989. The van der Waals surface area contributed by atoms with Gasteiger partial charge >= 0.3 is 0 Å². The van der Waals surface area contributed by atoms with E-state index in [1.54, 1.807) is 42.5 Å². The number of hydrogen-bond donors (Lipinski definition) is 5. The van der Waals surface area contributed by atoms with Crippen molar-refractivity contribution in [3.05, 3.63) is 107 Å². The Morgan fingerprint density at radius 3 is 2.42 bits per heavy atom. The number of carbonyl (C=O) groups is 1. The van der Waals surface area contributed by atoms with Crippen LogP contribution in [0.25, 0.3) is 0 Å². The molecule has 3 atom stereocenters. The first-order chi connectivity index (χ1) is 21.7. The number of ether oxygens (including phenoxy) is 2. The Labute approximate surface area is 263 Å². The first-order valence-corrected chi connectivity index (χ1v) is 15.3. The van der Waals surface area contributed by atoms with E-state index in [2.05, 4.69) is 12.1 Å². The van der Waals surface area contributed by atoms with Gasteiger partial charge in [-0.05, 0) is 96.5 Å². The predicted molar refractivity (Wildman–Crippen MR) is 170 cm³/mol. The zero-order valence-electron chi connectivity index (χ0n) is 25.4. The number of aromatic hydroxyl groups is 4. The lowest BCUT2D eigenvalue weighted by Gasteiger charge is -2.36. The summed E-state index contributed by atoms with van der Waals surface area (Å²) in [6.07, 6.45) is 2.22. The summed E-state index contributed by atoms with van der Waals surface area (Å²) in [5, 5.41) is 52.5. The summed E-state index contributed by atoms with van der Waals surface area (Å²) in [4.78, 5) is 13.0. The molecule has 0 aromatic heterocycles. The third-order valence-corrected chi connectivity index (χ3v) is 8.67. The molecule has 4 aromatic carbocycles. The maximum absolute atomic E-state index is 13.0.